The van der Waals surface area contributed by atoms with Crippen molar-refractivity contribution in [3.05, 3.63) is 65.7 Å². The number of rotatable bonds is 6. The molecule has 0 bridgehead atoms. The van der Waals surface area contributed by atoms with Crippen LogP contribution in [-0.2, 0) is 6.54 Å². The van der Waals surface area contributed by atoms with Gasteiger partial charge in [-0.1, -0.05) is 42.5 Å². The number of phenolic OH excluding ortho intramolecular Hbond substituents is 1. The Morgan fingerprint density at radius 2 is 1.71 bits per heavy atom. The number of carbonyl (C=O) groups is 1. The number of amides is 1. The maximum Gasteiger partial charge on any atom is 0.257 e. The normalized spacial score (nSPS) is 10.3. The van der Waals surface area contributed by atoms with Gasteiger partial charge in [-0.3, -0.25) is 4.79 Å². The van der Waals surface area contributed by atoms with E-state index >= 15 is 0 Å². The van der Waals surface area contributed by atoms with Crippen LogP contribution < -0.4 is 5.73 Å². The van der Waals surface area contributed by atoms with Crippen molar-refractivity contribution in [1.29, 1.82) is 0 Å². The molecule has 2 aromatic carbocycles. The number of phenols is 1. The van der Waals surface area contributed by atoms with Gasteiger partial charge in [-0.2, -0.15) is 0 Å². The molecule has 1 amide bonds. The van der Waals surface area contributed by atoms with Crippen LogP contribution in [0.15, 0.2) is 54.6 Å². The number of carbonyl (C=O) groups excluding carboxylic acids is 1. The molecule has 0 heterocycles. The minimum atomic E-state index is -0.176. The highest BCUT2D eigenvalue weighted by Gasteiger charge is 2.18. The van der Waals surface area contributed by atoms with Crippen molar-refractivity contribution in [3.8, 4) is 5.75 Å². The molecular weight excluding hydrogens is 264 g/mol. The number of benzene rings is 2. The van der Waals surface area contributed by atoms with Gasteiger partial charge in [0.15, 0.2) is 0 Å². The van der Waals surface area contributed by atoms with Gasteiger partial charge >= 0.3 is 0 Å². The van der Waals surface area contributed by atoms with Crippen LogP contribution >= 0.6 is 0 Å². The van der Waals surface area contributed by atoms with Crippen LogP contribution in [0.1, 0.15) is 22.3 Å². The fourth-order valence-electron chi connectivity index (χ4n) is 2.16. The summed E-state index contributed by atoms with van der Waals surface area (Å²) in [6, 6.07) is 16.4. The lowest BCUT2D eigenvalue weighted by Gasteiger charge is -2.23. The molecule has 0 aliphatic carbocycles. The number of aromatic hydroxyl groups is 1. The first kappa shape index (κ1) is 15.1. The molecule has 4 nitrogen and oxygen atoms in total. The first-order valence-corrected chi connectivity index (χ1v) is 7.03. The third kappa shape index (κ3) is 4.07. The molecule has 0 spiro atoms. The molecular formula is C17H20N2O2. The lowest BCUT2D eigenvalue weighted by Crippen LogP contribution is -2.32. The minimum Gasteiger partial charge on any atom is -0.507 e. The van der Waals surface area contributed by atoms with Gasteiger partial charge in [-0.25, -0.2) is 0 Å². The van der Waals surface area contributed by atoms with E-state index < -0.39 is 0 Å². The summed E-state index contributed by atoms with van der Waals surface area (Å²) in [5, 5.41) is 9.85. The molecule has 4 heteroatoms. The van der Waals surface area contributed by atoms with E-state index in [1.165, 1.54) is 6.07 Å². The second-order valence-corrected chi connectivity index (χ2v) is 4.87. The van der Waals surface area contributed by atoms with E-state index in [9.17, 15) is 9.90 Å². The van der Waals surface area contributed by atoms with Gasteiger partial charge in [0.1, 0.15) is 5.75 Å². The molecule has 21 heavy (non-hydrogen) atoms. The highest BCUT2D eigenvalue weighted by Crippen LogP contribution is 2.19. The molecule has 0 atom stereocenters. The zero-order valence-electron chi connectivity index (χ0n) is 11.9. The van der Waals surface area contributed by atoms with Crippen molar-refractivity contribution >= 4 is 5.91 Å². The maximum atomic E-state index is 12.6. The molecule has 0 saturated carbocycles. The van der Waals surface area contributed by atoms with Crippen LogP contribution in [0.4, 0.5) is 0 Å². The lowest BCUT2D eigenvalue weighted by molar-refractivity contribution is 0.0739. The Kier molecular flexibility index (Phi) is 5.35. The van der Waals surface area contributed by atoms with E-state index in [2.05, 4.69) is 0 Å². The Morgan fingerprint density at radius 3 is 2.38 bits per heavy atom. The molecule has 2 rings (SSSR count). The largest absolute Gasteiger partial charge is 0.507 e. The molecule has 0 fully saturated rings. The monoisotopic (exact) mass is 284 g/mol. The van der Waals surface area contributed by atoms with E-state index in [-0.39, 0.29) is 11.7 Å². The first-order chi connectivity index (χ1) is 10.2. The Hall–Kier alpha value is -2.33. The van der Waals surface area contributed by atoms with Gasteiger partial charge in [0, 0.05) is 13.1 Å². The summed E-state index contributed by atoms with van der Waals surface area (Å²) in [4.78, 5) is 14.3. The van der Waals surface area contributed by atoms with Crippen molar-refractivity contribution in [3.63, 3.8) is 0 Å². The summed E-state index contributed by atoms with van der Waals surface area (Å²) < 4.78 is 0. The zero-order chi connectivity index (χ0) is 15.1. The van der Waals surface area contributed by atoms with E-state index in [1.54, 1.807) is 23.1 Å². The third-order valence-electron chi connectivity index (χ3n) is 3.27. The Balaban J connectivity index is 2.19. The van der Waals surface area contributed by atoms with Crippen molar-refractivity contribution in [2.24, 2.45) is 5.73 Å². The number of nitrogens with two attached hydrogens (primary N) is 1. The van der Waals surface area contributed by atoms with Crippen LogP contribution in [0, 0.1) is 0 Å². The minimum absolute atomic E-state index is 0.00769. The van der Waals surface area contributed by atoms with Crippen molar-refractivity contribution in [2.45, 2.75) is 13.0 Å². The number of nitrogens with zero attached hydrogens (tertiary/aromatic N) is 1. The molecule has 0 saturated heterocycles. The second-order valence-electron chi connectivity index (χ2n) is 4.87. The van der Waals surface area contributed by atoms with E-state index in [0.717, 1.165) is 12.0 Å². The van der Waals surface area contributed by atoms with Gasteiger partial charge in [-0.15, -0.1) is 0 Å². The average Bonchev–Trinajstić information content (AvgIpc) is 2.52. The van der Waals surface area contributed by atoms with Crippen molar-refractivity contribution < 1.29 is 9.90 Å². The first-order valence-electron chi connectivity index (χ1n) is 7.03. The Bertz CT molecular complexity index is 584. The standard InChI is InChI=1S/C17H20N2O2/c18-11-6-12-19(13-14-7-2-1-3-8-14)17(21)15-9-4-5-10-16(15)20/h1-5,7-10,20H,6,11-13,18H2. The summed E-state index contributed by atoms with van der Waals surface area (Å²) in [7, 11) is 0. The fraction of sp³-hybridized carbons (Fsp3) is 0.235. The average molecular weight is 284 g/mol. The SMILES string of the molecule is NCCCN(Cc1ccccc1)C(=O)c1ccccc1O. The smallest absolute Gasteiger partial charge is 0.257 e. The van der Waals surface area contributed by atoms with Crippen LogP contribution in [0.2, 0.25) is 0 Å². The quantitative estimate of drug-likeness (QED) is 0.856. The Labute approximate surface area is 124 Å². The molecule has 0 radical (unpaired) electrons. The third-order valence-corrected chi connectivity index (χ3v) is 3.27. The van der Waals surface area contributed by atoms with E-state index in [1.807, 2.05) is 30.3 Å². The van der Waals surface area contributed by atoms with Crippen molar-refractivity contribution in [1.82, 2.24) is 4.90 Å². The molecule has 0 unspecified atom stereocenters. The highest BCUT2D eigenvalue weighted by atomic mass is 16.3. The van der Waals surface area contributed by atoms with Crippen LogP contribution in [0.25, 0.3) is 0 Å². The molecule has 0 aromatic heterocycles. The van der Waals surface area contributed by atoms with E-state index in [0.29, 0.717) is 25.2 Å². The summed E-state index contributed by atoms with van der Waals surface area (Å²) in [5.74, 6) is -0.168. The van der Waals surface area contributed by atoms with Crippen LogP contribution in [0.3, 0.4) is 0 Å². The molecule has 110 valence electrons. The molecule has 3 N–H and O–H groups in total. The summed E-state index contributed by atoms with van der Waals surface area (Å²) in [5.41, 5.74) is 6.93. The van der Waals surface area contributed by atoms with Gasteiger partial charge in [0.05, 0.1) is 5.56 Å². The molecule has 2 aromatic rings. The predicted molar refractivity (Wildman–Crippen MR) is 83.0 cm³/mol. The number of hydrogen-bond acceptors (Lipinski definition) is 3. The maximum absolute atomic E-state index is 12.6. The fourth-order valence-corrected chi connectivity index (χ4v) is 2.16. The number of hydrogen-bond donors (Lipinski definition) is 2. The second kappa shape index (κ2) is 7.45. The van der Waals surface area contributed by atoms with Gasteiger partial charge in [0.2, 0.25) is 0 Å². The summed E-state index contributed by atoms with van der Waals surface area (Å²) >= 11 is 0. The van der Waals surface area contributed by atoms with Crippen LogP contribution in [0.5, 0.6) is 5.75 Å². The zero-order valence-corrected chi connectivity index (χ0v) is 11.9. The molecule has 0 aliphatic rings. The topological polar surface area (TPSA) is 66.6 Å². The van der Waals surface area contributed by atoms with Crippen molar-refractivity contribution in [2.75, 3.05) is 13.1 Å². The number of para-hydroxylation sites is 1. The predicted octanol–water partition coefficient (Wildman–Crippen LogP) is 2.38. The highest BCUT2D eigenvalue weighted by molar-refractivity contribution is 5.96. The summed E-state index contributed by atoms with van der Waals surface area (Å²) in [6.07, 6.45) is 0.728. The van der Waals surface area contributed by atoms with Gasteiger partial charge in [-0.05, 0) is 30.7 Å². The Morgan fingerprint density at radius 1 is 1.05 bits per heavy atom. The summed E-state index contributed by atoms with van der Waals surface area (Å²) in [6.45, 7) is 1.60. The lowest BCUT2D eigenvalue weighted by atomic mass is 10.1. The van der Waals surface area contributed by atoms with E-state index in [4.69, 9.17) is 5.73 Å². The van der Waals surface area contributed by atoms with Crippen LogP contribution in [-0.4, -0.2) is 29.0 Å². The molecule has 0 aliphatic heterocycles. The van der Waals surface area contributed by atoms with Gasteiger partial charge in [0.25, 0.3) is 5.91 Å². The van der Waals surface area contributed by atoms with Gasteiger partial charge < -0.3 is 15.7 Å².